The zero-order chi connectivity index (χ0) is 9.41. The third-order valence-corrected chi connectivity index (χ3v) is 2.59. The van der Waals surface area contributed by atoms with Gasteiger partial charge >= 0.3 is 0 Å². The lowest BCUT2D eigenvalue weighted by molar-refractivity contribution is 0.277. The first-order valence-electron chi connectivity index (χ1n) is 4.69. The predicted octanol–water partition coefficient (Wildman–Crippen LogP) is 2.33. The average molecular weight is 168 g/mol. The lowest BCUT2D eigenvalue weighted by Crippen LogP contribution is -2.38. The molecule has 12 heavy (non-hydrogen) atoms. The fourth-order valence-electron chi connectivity index (χ4n) is 1.26. The third kappa shape index (κ3) is 1.99. The van der Waals surface area contributed by atoms with Gasteiger partial charge in [0.25, 0.3) is 0 Å². The van der Waals surface area contributed by atoms with Crippen LogP contribution >= 0.6 is 0 Å². The lowest BCUT2D eigenvalue weighted by atomic mass is 9.78. The van der Waals surface area contributed by atoms with Crippen molar-refractivity contribution >= 4 is 5.84 Å². The summed E-state index contributed by atoms with van der Waals surface area (Å²) < 4.78 is 0. The van der Waals surface area contributed by atoms with Crippen molar-refractivity contribution in [1.82, 2.24) is 0 Å². The van der Waals surface area contributed by atoms with Crippen LogP contribution < -0.4 is 5.73 Å². The van der Waals surface area contributed by atoms with E-state index in [4.69, 9.17) is 5.73 Å². The van der Waals surface area contributed by atoms with Gasteiger partial charge in [-0.25, -0.2) is 0 Å². The quantitative estimate of drug-likeness (QED) is 0.473. The number of nitrogens with zero attached hydrogens (tertiary/aromatic N) is 1. The Morgan fingerprint density at radius 1 is 1.33 bits per heavy atom. The van der Waals surface area contributed by atoms with Crippen molar-refractivity contribution in [3.63, 3.8) is 0 Å². The summed E-state index contributed by atoms with van der Waals surface area (Å²) in [6.45, 7) is 8.50. The molecule has 2 nitrogen and oxygen atoms in total. The molecule has 0 saturated heterocycles. The maximum absolute atomic E-state index is 5.90. The van der Waals surface area contributed by atoms with Crippen LogP contribution in [0.1, 0.15) is 47.0 Å². The number of hydrogen-bond donors (Lipinski definition) is 1. The van der Waals surface area contributed by atoms with Gasteiger partial charge < -0.3 is 5.73 Å². The predicted molar refractivity (Wildman–Crippen MR) is 53.3 cm³/mol. The summed E-state index contributed by atoms with van der Waals surface area (Å²) in [4.78, 5) is 4.58. The van der Waals surface area contributed by atoms with Crippen molar-refractivity contribution < 1.29 is 0 Å². The highest BCUT2D eigenvalue weighted by molar-refractivity contribution is 5.85. The highest BCUT2D eigenvalue weighted by Gasteiger charge is 2.32. The monoisotopic (exact) mass is 168 g/mol. The standard InChI is InChI=1S/C10H20N2/c1-9(2,3)8(11)12-10(4)6-5-7-10/h5-7H2,1-4H3,(H2,11,12). The van der Waals surface area contributed by atoms with Gasteiger partial charge in [0.2, 0.25) is 0 Å². The van der Waals surface area contributed by atoms with E-state index in [1.54, 1.807) is 0 Å². The van der Waals surface area contributed by atoms with Gasteiger partial charge in [-0.05, 0) is 26.2 Å². The minimum Gasteiger partial charge on any atom is -0.387 e. The molecular formula is C10H20N2. The highest BCUT2D eigenvalue weighted by atomic mass is 15.0. The minimum absolute atomic E-state index is 0.0264. The Bertz CT molecular complexity index is 194. The normalized spacial score (nSPS) is 23.5. The molecule has 2 heteroatoms. The number of hydrogen-bond acceptors (Lipinski definition) is 1. The molecule has 2 N–H and O–H groups in total. The van der Waals surface area contributed by atoms with Gasteiger partial charge in [-0.1, -0.05) is 20.8 Å². The maximum Gasteiger partial charge on any atom is 0.0998 e. The smallest absolute Gasteiger partial charge is 0.0998 e. The van der Waals surface area contributed by atoms with Crippen molar-refractivity contribution in [3.8, 4) is 0 Å². The van der Waals surface area contributed by atoms with E-state index in [1.165, 1.54) is 19.3 Å². The van der Waals surface area contributed by atoms with Crippen LogP contribution in [0.15, 0.2) is 4.99 Å². The first-order chi connectivity index (χ1) is 5.33. The average Bonchev–Trinajstić information content (AvgIpc) is 1.82. The van der Waals surface area contributed by atoms with Gasteiger partial charge in [0.05, 0.1) is 11.4 Å². The Hall–Kier alpha value is -0.530. The number of amidine groups is 1. The van der Waals surface area contributed by atoms with E-state index in [0.717, 1.165) is 5.84 Å². The van der Waals surface area contributed by atoms with Crippen LogP contribution in [0.2, 0.25) is 0 Å². The molecule has 0 amide bonds. The SMILES string of the molecule is CC1(N=C(N)C(C)(C)C)CCC1. The molecule has 0 unspecified atom stereocenters. The Labute approximate surface area is 75.3 Å². The highest BCUT2D eigenvalue weighted by Crippen LogP contribution is 2.35. The second-order valence-electron chi connectivity index (χ2n) is 5.10. The Morgan fingerprint density at radius 2 is 1.83 bits per heavy atom. The molecule has 0 spiro atoms. The van der Waals surface area contributed by atoms with Crippen LogP contribution in [-0.4, -0.2) is 11.4 Å². The molecule has 0 atom stereocenters. The van der Waals surface area contributed by atoms with Crippen LogP contribution in [0.5, 0.6) is 0 Å². The van der Waals surface area contributed by atoms with E-state index in [9.17, 15) is 0 Å². The van der Waals surface area contributed by atoms with Crippen molar-refractivity contribution in [2.24, 2.45) is 16.1 Å². The summed E-state index contributed by atoms with van der Waals surface area (Å²) in [5, 5.41) is 0. The van der Waals surface area contributed by atoms with Gasteiger partial charge in [0.1, 0.15) is 0 Å². The number of rotatable bonds is 1. The van der Waals surface area contributed by atoms with Crippen LogP contribution in [0.4, 0.5) is 0 Å². The van der Waals surface area contributed by atoms with Gasteiger partial charge in [0, 0.05) is 5.41 Å². The lowest BCUT2D eigenvalue weighted by Gasteiger charge is -2.36. The molecular weight excluding hydrogens is 148 g/mol. The minimum atomic E-state index is 0.0264. The molecule has 1 rings (SSSR count). The third-order valence-electron chi connectivity index (χ3n) is 2.59. The van der Waals surface area contributed by atoms with Crippen molar-refractivity contribution in [3.05, 3.63) is 0 Å². The number of aliphatic imine (C=N–C) groups is 1. The first kappa shape index (κ1) is 9.56. The molecule has 70 valence electrons. The molecule has 0 bridgehead atoms. The molecule has 1 aliphatic carbocycles. The van der Waals surface area contributed by atoms with E-state index in [2.05, 4.69) is 32.7 Å². The Morgan fingerprint density at radius 3 is 2.08 bits per heavy atom. The molecule has 1 saturated carbocycles. The van der Waals surface area contributed by atoms with Crippen LogP contribution in [0.3, 0.4) is 0 Å². The molecule has 1 fully saturated rings. The van der Waals surface area contributed by atoms with Crippen molar-refractivity contribution in [2.75, 3.05) is 0 Å². The van der Waals surface area contributed by atoms with Gasteiger partial charge in [-0.15, -0.1) is 0 Å². The first-order valence-corrected chi connectivity index (χ1v) is 4.69. The zero-order valence-corrected chi connectivity index (χ0v) is 8.65. The van der Waals surface area contributed by atoms with Crippen LogP contribution in [-0.2, 0) is 0 Å². The Balaban J connectivity index is 2.68. The topological polar surface area (TPSA) is 38.4 Å². The fourth-order valence-corrected chi connectivity index (χ4v) is 1.26. The summed E-state index contributed by atoms with van der Waals surface area (Å²) in [5.74, 6) is 0.796. The number of nitrogens with two attached hydrogens (primary N) is 1. The fraction of sp³-hybridized carbons (Fsp3) is 0.900. The van der Waals surface area contributed by atoms with E-state index in [1.807, 2.05) is 0 Å². The molecule has 0 aromatic carbocycles. The summed E-state index contributed by atoms with van der Waals surface area (Å²) in [5.41, 5.74) is 6.09. The maximum atomic E-state index is 5.90. The van der Waals surface area contributed by atoms with E-state index in [-0.39, 0.29) is 11.0 Å². The van der Waals surface area contributed by atoms with Gasteiger partial charge in [-0.2, -0.15) is 0 Å². The summed E-state index contributed by atoms with van der Waals surface area (Å²) >= 11 is 0. The summed E-state index contributed by atoms with van der Waals surface area (Å²) in [6, 6.07) is 0. The van der Waals surface area contributed by atoms with E-state index < -0.39 is 0 Å². The van der Waals surface area contributed by atoms with Crippen LogP contribution in [0.25, 0.3) is 0 Å². The van der Waals surface area contributed by atoms with Gasteiger partial charge in [-0.3, -0.25) is 4.99 Å². The molecule has 1 aliphatic rings. The summed E-state index contributed by atoms with van der Waals surface area (Å²) in [6.07, 6.45) is 3.70. The zero-order valence-electron chi connectivity index (χ0n) is 8.65. The van der Waals surface area contributed by atoms with E-state index in [0.29, 0.717) is 0 Å². The molecule has 0 heterocycles. The van der Waals surface area contributed by atoms with Crippen molar-refractivity contribution in [2.45, 2.75) is 52.5 Å². The second kappa shape index (κ2) is 2.75. The van der Waals surface area contributed by atoms with E-state index >= 15 is 0 Å². The second-order valence-corrected chi connectivity index (χ2v) is 5.10. The van der Waals surface area contributed by atoms with Gasteiger partial charge in [0.15, 0.2) is 0 Å². The largest absolute Gasteiger partial charge is 0.387 e. The summed E-state index contributed by atoms with van der Waals surface area (Å²) in [7, 11) is 0. The molecule has 0 aliphatic heterocycles. The Kier molecular flexibility index (Phi) is 2.19. The van der Waals surface area contributed by atoms with Crippen molar-refractivity contribution in [1.29, 1.82) is 0 Å². The van der Waals surface area contributed by atoms with Crippen LogP contribution in [0, 0.1) is 5.41 Å². The molecule has 0 aromatic rings. The molecule has 0 aromatic heterocycles. The molecule has 0 radical (unpaired) electrons.